The molecule has 0 spiro atoms. The number of halogens is 2. The molecule has 5 rings (SSSR count). The van der Waals surface area contributed by atoms with Crippen LogP contribution in [0.3, 0.4) is 0 Å². The molecule has 3 heterocycles. The van der Waals surface area contributed by atoms with E-state index in [9.17, 15) is 9.18 Å². The van der Waals surface area contributed by atoms with Crippen LogP contribution in [0.2, 0.25) is 5.02 Å². The summed E-state index contributed by atoms with van der Waals surface area (Å²) in [4.78, 5) is 28.9. The van der Waals surface area contributed by atoms with E-state index in [1.54, 1.807) is 30.6 Å². The zero-order valence-electron chi connectivity index (χ0n) is 19.6. The number of nitrogens with one attached hydrogen (secondary N) is 1. The highest BCUT2D eigenvalue weighted by molar-refractivity contribution is 6.31. The number of rotatable bonds is 8. The van der Waals surface area contributed by atoms with Crippen LogP contribution in [0.1, 0.15) is 23.2 Å². The van der Waals surface area contributed by atoms with Crippen molar-refractivity contribution in [2.75, 3.05) is 38.2 Å². The lowest BCUT2D eigenvalue weighted by molar-refractivity contribution is 0.0371. The van der Waals surface area contributed by atoms with E-state index in [0.717, 1.165) is 50.2 Å². The summed E-state index contributed by atoms with van der Waals surface area (Å²) < 4.78 is 19.0. The molecule has 2 aromatic carbocycles. The minimum atomic E-state index is -0.498. The number of hydrogen-bond acceptors (Lipinski definition) is 7. The van der Waals surface area contributed by atoms with Crippen molar-refractivity contribution in [1.29, 1.82) is 0 Å². The molecule has 2 aromatic heterocycles. The lowest BCUT2D eigenvalue weighted by atomic mass is 10.0. The maximum absolute atomic E-state index is 13.7. The van der Waals surface area contributed by atoms with Crippen molar-refractivity contribution in [3.63, 3.8) is 0 Å². The number of pyridine rings is 1. The molecule has 0 aliphatic carbocycles. The standard InChI is InChI=1S/C27H25ClFN5O2/c28-22-16-20(6-8-23(22)29)31-27-21-7-5-18(25(35)4-2-10-34-11-13-36-14-12-34)15-24(21)32-26(33-27)19-3-1-9-30-17-19/h1,3,5-9,15-17H,2,4,10-14H2,(H,31,32,33). The highest BCUT2D eigenvalue weighted by Gasteiger charge is 2.15. The van der Waals surface area contributed by atoms with Crippen LogP contribution >= 0.6 is 11.6 Å². The lowest BCUT2D eigenvalue weighted by Gasteiger charge is -2.26. The Bertz CT molecular complexity index is 1380. The SMILES string of the molecule is O=C(CCCN1CCOCC1)c1ccc2c(Nc3ccc(F)c(Cl)c3)nc(-c3cccnc3)nc2c1. The van der Waals surface area contributed by atoms with Gasteiger partial charge in [0.2, 0.25) is 0 Å². The predicted octanol–water partition coefficient (Wildman–Crippen LogP) is 5.52. The van der Waals surface area contributed by atoms with Gasteiger partial charge in [-0.2, -0.15) is 0 Å². The maximum Gasteiger partial charge on any atom is 0.163 e. The number of ether oxygens (including phenoxy) is 1. The van der Waals surface area contributed by atoms with E-state index in [1.807, 2.05) is 18.2 Å². The number of morpholine rings is 1. The number of anilines is 2. The number of ketones is 1. The molecule has 4 aromatic rings. The fourth-order valence-electron chi connectivity index (χ4n) is 4.17. The van der Waals surface area contributed by atoms with Crippen LogP contribution in [-0.4, -0.2) is 58.5 Å². The predicted molar refractivity (Wildman–Crippen MR) is 138 cm³/mol. The van der Waals surface area contributed by atoms with Gasteiger partial charge in [0, 0.05) is 54.1 Å². The third kappa shape index (κ3) is 5.67. The molecule has 0 unspecified atom stereocenters. The summed E-state index contributed by atoms with van der Waals surface area (Å²) in [5, 5.41) is 3.96. The van der Waals surface area contributed by atoms with Crippen molar-refractivity contribution in [3.05, 3.63) is 77.3 Å². The summed E-state index contributed by atoms with van der Waals surface area (Å²) in [7, 11) is 0. The van der Waals surface area contributed by atoms with Crippen LogP contribution in [0, 0.1) is 5.82 Å². The molecule has 1 N–H and O–H groups in total. The van der Waals surface area contributed by atoms with Crippen LogP contribution < -0.4 is 5.32 Å². The summed E-state index contributed by atoms with van der Waals surface area (Å²) in [6.45, 7) is 4.20. The van der Waals surface area contributed by atoms with Gasteiger partial charge >= 0.3 is 0 Å². The van der Waals surface area contributed by atoms with E-state index in [0.29, 0.717) is 34.8 Å². The quantitative estimate of drug-likeness (QED) is 0.316. The smallest absolute Gasteiger partial charge is 0.163 e. The summed E-state index contributed by atoms with van der Waals surface area (Å²) in [5.41, 5.74) is 2.55. The van der Waals surface area contributed by atoms with Gasteiger partial charge in [0.05, 0.1) is 23.8 Å². The number of Topliss-reactive ketones (excluding diaryl/α,β-unsaturated/α-hetero) is 1. The zero-order chi connectivity index (χ0) is 24.9. The number of benzene rings is 2. The highest BCUT2D eigenvalue weighted by Crippen LogP contribution is 2.29. The summed E-state index contributed by atoms with van der Waals surface area (Å²) in [5.74, 6) is 0.560. The lowest BCUT2D eigenvalue weighted by Crippen LogP contribution is -2.36. The molecule has 1 aliphatic rings. The molecule has 9 heteroatoms. The third-order valence-corrected chi connectivity index (χ3v) is 6.39. The average Bonchev–Trinajstić information content (AvgIpc) is 2.91. The Morgan fingerprint density at radius 2 is 1.97 bits per heavy atom. The van der Waals surface area contributed by atoms with Crippen LogP contribution in [0.4, 0.5) is 15.9 Å². The van der Waals surface area contributed by atoms with Crippen LogP contribution in [0.5, 0.6) is 0 Å². The molecule has 0 amide bonds. The first-order chi connectivity index (χ1) is 17.6. The Morgan fingerprint density at radius 1 is 1.11 bits per heavy atom. The second kappa shape index (κ2) is 11.1. The first kappa shape index (κ1) is 24.2. The van der Waals surface area contributed by atoms with Gasteiger partial charge in [-0.15, -0.1) is 0 Å². The molecule has 1 aliphatic heterocycles. The Balaban J connectivity index is 1.43. The van der Waals surface area contributed by atoms with Crippen LogP contribution in [0.25, 0.3) is 22.3 Å². The second-order valence-corrected chi connectivity index (χ2v) is 9.01. The van der Waals surface area contributed by atoms with E-state index in [4.69, 9.17) is 26.3 Å². The number of hydrogen-bond donors (Lipinski definition) is 1. The van der Waals surface area contributed by atoms with Crippen LogP contribution in [0.15, 0.2) is 60.9 Å². The number of aromatic nitrogens is 3. The molecule has 7 nitrogen and oxygen atoms in total. The van der Waals surface area contributed by atoms with E-state index in [2.05, 4.69) is 15.2 Å². The van der Waals surface area contributed by atoms with Crippen molar-refractivity contribution in [3.8, 4) is 11.4 Å². The van der Waals surface area contributed by atoms with E-state index < -0.39 is 5.82 Å². The average molecular weight is 506 g/mol. The van der Waals surface area contributed by atoms with E-state index in [1.165, 1.54) is 12.1 Å². The molecule has 36 heavy (non-hydrogen) atoms. The van der Waals surface area contributed by atoms with E-state index >= 15 is 0 Å². The molecule has 0 saturated carbocycles. The van der Waals surface area contributed by atoms with Crippen molar-refractivity contribution in [2.24, 2.45) is 0 Å². The number of carbonyl (C=O) groups excluding carboxylic acids is 1. The number of carbonyl (C=O) groups is 1. The van der Waals surface area contributed by atoms with Crippen molar-refractivity contribution >= 4 is 39.8 Å². The Kier molecular flexibility index (Phi) is 7.46. The van der Waals surface area contributed by atoms with Gasteiger partial charge in [-0.3, -0.25) is 14.7 Å². The molecule has 0 bridgehead atoms. The number of fused-ring (bicyclic) bond motifs is 1. The van der Waals surface area contributed by atoms with Gasteiger partial charge in [-0.25, -0.2) is 14.4 Å². The van der Waals surface area contributed by atoms with E-state index in [-0.39, 0.29) is 10.8 Å². The summed E-state index contributed by atoms with van der Waals surface area (Å²) >= 11 is 5.97. The largest absolute Gasteiger partial charge is 0.379 e. The molecule has 184 valence electrons. The van der Waals surface area contributed by atoms with Gasteiger partial charge < -0.3 is 10.1 Å². The van der Waals surface area contributed by atoms with Gasteiger partial charge in [-0.05, 0) is 55.4 Å². The van der Waals surface area contributed by atoms with Crippen molar-refractivity contribution in [2.45, 2.75) is 12.8 Å². The summed E-state index contributed by atoms with van der Waals surface area (Å²) in [6.07, 6.45) is 4.61. The molecule has 1 saturated heterocycles. The second-order valence-electron chi connectivity index (χ2n) is 8.60. The highest BCUT2D eigenvalue weighted by atomic mass is 35.5. The Morgan fingerprint density at radius 3 is 2.75 bits per heavy atom. The van der Waals surface area contributed by atoms with Gasteiger partial charge in [0.15, 0.2) is 11.6 Å². The molecule has 0 radical (unpaired) electrons. The number of nitrogens with zero attached hydrogens (tertiary/aromatic N) is 4. The minimum Gasteiger partial charge on any atom is -0.379 e. The maximum atomic E-state index is 13.7. The Labute approximate surface area is 213 Å². The molecule has 1 fully saturated rings. The van der Waals surface area contributed by atoms with Crippen LogP contribution in [-0.2, 0) is 4.74 Å². The molecular weight excluding hydrogens is 481 g/mol. The third-order valence-electron chi connectivity index (χ3n) is 6.10. The molecular formula is C27H25ClFN5O2. The monoisotopic (exact) mass is 505 g/mol. The van der Waals surface area contributed by atoms with Gasteiger partial charge in [0.1, 0.15) is 11.6 Å². The first-order valence-corrected chi connectivity index (χ1v) is 12.2. The zero-order valence-corrected chi connectivity index (χ0v) is 20.3. The fraction of sp³-hybridized carbons (Fsp3) is 0.259. The minimum absolute atomic E-state index is 0.0100. The summed E-state index contributed by atoms with van der Waals surface area (Å²) in [6, 6.07) is 13.5. The topological polar surface area (TPSA) is 80.2 Å². The molecule has 0 atom stereocenters. The fourth-order valence-corrected chi connectivity index (χ4v) is 4.35. The first-order valence-electron chi connectivity index (χ1n) is 11.8. The van der Waals surface area contributed by atoms with Crippen molar-refractivity contribution < 1.29 is 13.9 Å². The van der Waals surface area contributed by atoms with Crippen molar-refractivity contribution in [1.82, 2.24) is 19.9 Å². The Hall–Kier alpha value is -3.46. The normalized spacial score (nSPS) is 14.2. The van der Waals surface area contributed by atoms with Gasteiger partial charge in [0.25, 0.3) is 0 Å². The van der Waals surface area contributed by atoms with Gasteiger partial charge in [-0.1, -0.05) is 17.7 Å².